The standard InChI is InChI=1S/C84H149NO8/c1-6-8-10-12-14-16-18-20-22-24-26-28-30-32-34-35-36-37-38-39-40-41-42-43-44-45-46-47-49-51-53-55-57-59-61-63-65-67-69-71-73-75-82(87)93-80(79-92-84(83(88)89)90-77-76-85(3,4)5)78-91-81(86)74-72-70-68-66-64-62-60-58-56-54-52-50-48-33-31-29-27-25-23-21-19-17-15-13-11-9-7-2/h8,10,14,16,20,22,26,28,32,34,36-37,39-40,42-43,80,84H,6-7,9,11-13,15,17-19,21,23-25,27,29-31,33,35,38,41,44-79H2,1-5H3/p+1/b10-8-,16-14-,22-20-,28-26-,34-32-,37-36-,40-39-,43-42-. The summed E-state index contributed by atoms with van der Waals surface area (Å²) in [5.41, 5.74) is 0. The molecule has 0 aliphatic rings. The highest BCUT2D eigenvalue weighted by atomic mass is 16.7. The van der Waals surface area contributed by atoms with Gasteiger partial charge in [0, 0.05) is 12.8 Å². The van der Waals surface area contributed by atoms with E-state index in [-0.39, 0.29) is 38.2 Å². The van der Waals surface area contributed by atoms with Crippen LogP contribution in [0.25, 0.3) is 0 Å². The lowest BCUT2D eigenvalue weighted by molar-refractivity contribution is -0.870. The summed E-state index contributed by atoms with van der Waals surface area (Å²) in [6, 6.07) is 0. The molecule has 2 atom stereocenters. The van der Waals surface area contributed by atoms with Gasteiger partial charge < -0.3 is 28.5 Å². The zero-order chi connectivity index (χ0) is 67.5. The number of carbonyl (C=O) groups is 3. The van der Waals surface area contributed by atoms with E-state index < -0.39 is 18.4 Å². The van der Waals surface area contributed by atoms with E-state index in [1.54, 1.807) is 0 Å². The summed E-state index contributed by atoms with van der Waals surface area (Å²) in [4.78, 5) is 37.7. The molecule has 0 spiro atoms. The number of hydrogen-bond donors (Lipinski definition) is 1. The molecule has 0 aliphatic carbocycles. The van der Waals surface area contributed by atoms with Crippen molar-refractivity contribution in [2.45, 2.75) is 373 Å². The number of aliphatic carboxylic acids is 1. The van der Waals surface area contributed by atoms with E-state index in [1.165, 1.54) is 244 Å². The Hall–Kier alpha value is -3.79. The third-order valence-corrected chi connectivity index (χ3v) is 17.4. The monoisotopic (exact) mass is 1300 g/mol. The third kappa shape index (κ3) is 75.5. The Bertz CT molecular complexity index is 1850. The van der Waals surface area contributed by atoms with Crippen LogP contribution in [0.15, 0.2) is 97.2 Å². The van der Waals surface area contributed by atoms with E-state index in [2.05, 4.69) is 111 Å². The van der Waals surface area contributed by atoms with Gasteiger partial charge in [-0.1, -0.05) is 368 Å². The zero-order valence-corrected chi connectivity index (χ0v) is 61.7. The molecule has 0 saturated heterocycles. The van der Waals surface area contributed by atoms with Crippen molar-refractivity contribution in [3.8, 4) is 0 Å². The number of unbranched alkanes of at least 4 members (excludes halogenated alkanes) is 42. The maximum atomic E-state index is 13.0. The molecule has 2 unspecified atom stereocenters. The van der Waals surface area contributed by atoms with Gasteiger partial charge in [-0.25, -0.2) is 4.79 Å². The molecular formula is C84H150NO8+. The predicted molar refractivity (Wildman–Crippen MR) is 401 cm³/mol. The normalized spacial score (nSPS) is 13.2. The van der Waals surface area contributed by atoms with Gasteiger partial charge in [-0.05, 0) is 77.0 Å². The number of rotatable bonds is 73. The SMILES string of the molecule is CC/C=C\C/C=C\C/C=C\C/C=C\C/C=C\C/C=C\C/C=C\C/C=C\CCCCCCCCCCCCCCCCCCC(=O)OC(COC(=O)CCCCCCCCCCCCCCCCCCCCCCCCCCCCC)COC(OCC[N+](C)(C)C)C(=O)O. The Morgan fingerprint density at radius 1 is 0.333 bits per heavy atom. The van der Waals surface area contributed by atoms with E-state index >= 15 is 0 Å². The summed E-state index contributed by atoms with van der Waals surface area (Å²) in [5.74, 6) is -1.98. The number of quaternary nitrogens is 1. The number of carbonyl (C=O) groups excluding carboxylic acids is 2. The average Bonchev–Trinajstić information content (AvgIpc) is 3.38. The van der Waals surface area contributed by atoms with Crippen molar-refractivity contribution in [1.29, 1.82) is 0 Å². The summed E-state index contributed by atoms with van der Waals surface area (Å²) in [6.45, 7) is 4.82. The van der Waals surface area contributed by atoms with Crippen LogP contribution in [0.3, 0.4) is 0 Å². The van der Waals surface area contributed by atoms with Crippen LogP contribution in [0, 0.1) is 0 Å². The van der Waals surface area contributed by atoms with E-state index in [0.717, 1.165) is 89.9 Å². The highest BCUT2D eigenvalue weighted by Crippen LogP contribution is 2.19. The van der Waals surface area contributed by atoms with E-state index in [0.29, 0.717) is 17.4 Å². The van der Waals surface area contributed by atoms with Crippen LogP contribution in [-0.4, -0.2) is 87.4 Å². The number of nitrogens with zero attached hydrogens (tertiary/aromatic N) is 1. The average molecular weight is 1300 g/mol. The molecule has 0 aromatic rings. The molecule has 0 amide bonds. The van der Waals surface area contributed by atoms with E-state index in [1.807, 2.05) is 21.1 Å². The molecule has 0 fully saturated rings. The molecule has 0 heterocycles. The molecule has 9 heteroatoms. The second-order valence-corrected chi connectivity index (χ2v) is 27.7. The van der Waals surface area contributed by atoms with Gasteiger partial charge in [0.1, 0.15) is 13.2 Å². The Balaban J connectivity index is 4.02. The minimum atomic E-state index is -1.51. The fourth-order valence-electron chi connectivity index (χ4n) is 11.4. The van der Waals surface area contributed by atoms with Crippen molar-refractivity contribution in [3.63, 3.8) is 0 Å². The zero-order valence-electron chi connectivity index (χ0n) is 61.7. The lowest BCUT2D eigenvalue weighted by Gasteiger charge is -2.25. The van der Waals surface area contributed by atoms with E-state index in [9.17, 15) is 19.5 Å². The lowest BCUT2D eigenvalue weighted by Crippen LogP contribution is -2.40. The smallest absolute Gasteiger partial charge is 0.361 e. The number of carboxylic acids is 1. The van der Waals surface area contributed by atoms with E-state index in [4.69, 9.17) is 18.9 Å². The van der Waals surface area contributed by atoms with Crippen LogP contribution in [0.1, 0.15) is 361 Å². The van der Waals surface area contributed by atoms with Crippen LogP contribution in [0.2, 0.25) is 0 Å². The van der Waals surface area contributed by atoms with Crippen molar-refractivity contribution in [2.24, 2.45) is 0 Å². The second-order valence-electron chi connectivity index (χ2n) is 27.7. The molecule has 538 valence electrons. The minimum Gasteiger partial charge on any atom is -0.477 e. The number of likely N-dealkylation sites (N-methyl/N-ethyl adjacent to an activating group) is 1. The van der Waals surface area contributed by atoms with Gasteiger partial charge >= 0.3 is 17.9 Å². The minimum absolute atomic E-state index is 0.179. The van der Waals surface area contributed by atoms with Gasteiger partial charge in [-0.2, -0.15) is 0 Å². The van der Waals surface area contributed by atoms with Crippen LogP contribution < -0.4 is 0 Å². The Morgan fingerprint density at radius 2 is 0.613 bits per heavy atom. The van der Waals surface area contributed by atoms with Crippen molar-refractivity contribution < 1.29 is 42.9 Å². The molecule has 0 aromatic heterocycles. The fraction of sp³-hybridized carbons (Fsp3) is 0.774. The van der Waals surface area contributed by atoms with Crippen molar-refractivity contribution >= 4 is 17.9 Å². The molecule has 9 nitrogen and oxygen atoms in total. The summed E-state index contributed by atoms with van der Waals surface area (Å²) in [5, 5.41) is 9.77. The number of carboxylic acid groups (broad SMARTS) is 1. The molecule has 0 radical (unpaired) electrons. The quantitative estimate of drug-likeness (QED) is 0.0211. The predicted octanol–water partition coefficient (Wildman–Crippen LogP) is 25.1. The summed E-state index contributed by atoms with van der Waals surface area (Å²) >= 11 is 0. The second kappa shape index (κ2) is 74.0. The number of esters is 2. The summed E-state index contributed by atoms with van der Waals surface area (Å²) < 4.78 is 23.0. The van der Waals surface area contributed by atoms with Crippen LogP contribution in [0.4, 0.5) is 0 Å². The van der Waals surface area contributed by atoms with Crippen molar-refractivity contribution in [3.05, 3.63) is 97.2 Å². The Morgan fingerprint density at radius 3 is 0.914 bits per heavy atom. The molecule has 0 rings (SSSR count). The number of ether oxygens (including phenoxy) is 4. The first-order chi connectivity index (χ1) is 45.6. The van der Waals surface area contributed by atoms with Crippen LogP contribution in [0.5, 0.6) is 0 Å². The highest BCUT2D eigenvalue weighted by Gasteiger charge is 2.25. The first-order valence-corrected chi connectivity index (χ1v) is 39.4. The van der Waals surface area contributed by atoms with Gasteiger partial charge in [0.2, 0.25) is 0 Å². The van der Waals surface area contributed by atoms with Crippen molar-refractivity contribution in [1.82, 2.24) is 0 Å². The van der Waals surface area contributed by atoms with Gasteiger partial charge in [-0.15, -0.1) is 0 Å². The molecule has 93 heavy (non-hydrogen) atoms. The highest BCUT2D eigenvalue weighted by molar-refractivity contribution is 5.71. The Kier molecular flexibility index (Phi) is 71.0. The van der Waals surface area contributed by atoms with Crippen molar-refractivity contribution in [2.75, 3.05) is 47.5 Å². The van der Waals surface area contributed by atoms with Gasteiger partial charge in [-0.3, -0.25) is 9.59 Å². The van der Waals surface area contributed by atoms with Crippen LogP contribution in [-0.2, 0) is 33.3 Å². The first-order valence-electron chi connectivity index (χ1n) is 39.4. The van der Waals surface area contributed by atoms with Gasteiger partial charge in [0.15, 0.2) is 6.10 Å². The number of allylic oxidation sites excluding steroid dienone is 16. The third-order valence-electron chi connectivity index (χ3n) is 17.4. The maximum Gasteiger partial charge on any atom is 0.361 e. The molecular weight excluding hydrogens is 1150 g/mol. The fourth-order valence-corrected chi connectivity index (χ4v) is 11.4. The largest absolute Gasteiger partial charge is 0.477 e. The molecule has 0 bridgehead atoms. The van der Waals surface area contributed by atoms with Gasteiger partial charge in [0.25, 0.3) is 6.29 Å². The lowest BCUT2D eigenvalue weighted by atomic mass is 10.0. The molecule has 0 aromatic carbocycles. The molecule has 0 saturated carbocycles. The topological polar surface area (TPSA) is 108 Å². The maximum absolute atomic E-state index is 13.0. The molecule has 1 N–H and O–H groups in total. The Labute approximate surface area is 575 Å². The summed E-state index contributed by atoms with van der Waals surface area (Å²) in [7, 11) is 5.99. The summed E-state index contributed by atoms with van der Waals surface area (Å²) in [6.07, 6.45) is 99.8. The van der Waals surface area contributed by atoms with Crippen LogP contribution >= 0.6 is 0 Å². The number of hydrogen-bond acceptors (Lipinski definition) is 7. The van der Waals surface area contributed by atoms with Gasteiger partial charge in [0.05, 0.1) is 34.4 Å². The molecule has 0 aliphatic heterocycles. The first kappa shape index (κ1) is 89.2.